The van der Waals surface area contributed by atoms with Crippen LogP contribution in [0.15, 0.2) is 48.5 Å². The van der Waals surface area contributed by atoms with Gasteiger partial charge in [0.05, 0.1) is 12.2 Å². The maximum Gasteiger partial charge on any atom is 0.262 e. The molecule has 0 fully saturated rings. The Labute approximate surface area is 135 Å². The van der Waals surface area contributed by atoms with Gasteiger partial charge in [-0.25, -0.2) is 0 Å². The maximum atomic E-state index is 11.9. The van der Waals surface area contributed by atoms with Crippen LogP contribution in [0.2, 0.25) is 0 Å². The predicted octanol–water partition coefficient (Wildman–Crippen LogP) is 3.31. The van der Waals surface area contributed by atoms with Gasteiger partial charge in [-0.15, -0.1) is 0 Å². The Morgan fingerprint density at radius 2 is 1.70 bits per heavy atom. The van der Waals surface area contributed by atoms with E-state index in [1.807, 2.05) is 6.92 Å². The Hall–Kier alpha value is -2.82. The van der Waals surface area contributed by atoms with Crippen LogP contribution in [0.4, 0.5) is 5.69 Å². The zero-order valence-electron chi connectivity index (χ0n) is 13.2. The first-order valence-electron chi connectivity index (χ1n) is 7.35. The molecule has 2 rings (SSSR count). The number of nitrogens with one attached hydrogen (secondary N) is 1. The van der Waals surface area contributed by atoms with E-state index >= 15 is 0 Å². The Balaban J connectivity index is 1.91. The van der Waals surface area contributed by atoms with Crippen molar-refractivity contribution in [3.63, 3.8) is 0 Å². The number of ether oxygens (including phenoxy) is 2. The summed E-state index contributed by atoms with van der Waals surface area (Å²) >= 11 is 0. The molecule has 0 radical (unpaired) electrons. The average Bonchev–Trinajstić information content (AvgIpc) is 2.55. The number of ketones is 1. The lowest BCUT2D eigenvalue weighted by Crippen LogP contribution is -2.20. The fraction of sp³-hybridized carbons (Fsp3) is 0.222. The SMILES string of the molecule is CCOc1ccc(NC(=O)COc2ccccc2C(C)=O)cc1. The van der Waals surface area contributed by atoms with Crippen LogP contribution >= 0.6 is 0 Å². The van der Waals surface area contributed by atoms with Crippen molar-refractivity contribution in [2.24, 2.45) is 0 Å². The Bertz CT molecular complexity index is 680. The number of hydrogen-bond acceptors (Lipinski definition) is 4. The van der Waals surface area contributed by atoms with E-state index in [-0.39, 0.29) is 18.3 Å². The highest BCUT2D eigenvalue weighted by atomic mass is 16.5. The van der Waals surface area contributed by atoms with Crippen LogP contribution in [-0.2, 0) is 4.79 Å². The van der Waals surface area contributed by atoms with Gasteiger partial charge < -0.3 is 14.8 Å². The van der Waals surface area contributed by atoms with Crippen LogP contribution in [0.25, 0.3) is 0 Å². The van der Waals surface area contributed by atoms with Crippen LogP contribution in [0, 0.1) is 0 Å². The Morgan fingerprint density at radius 1 is 1.00 bits per heavy atom. The number of Topliss-reactive ketones (excluding diaryl/α,β-unsaturated/α-hetero) is 1. The summed E-state index contributed by atoms with van der Waals surface area (Å²) in [5.41, 5.74) is 1.11. The summed E-state index contributed by atoms with van der Waals surface area (Å²) in [6.07, 6.45) is 0. The largest absolute Gasteiger partial charge is 0.494 e. The van der Waals surface area contributed by atoms with E-state index in [0.717, 1.165) is 5.75 Å². The lowest BCUT2D eigenvalue weighted by atomic mass is 10.1. The summed E-state index contributed by atoms with van der Waals surface area (Å²) in [4.78, 5) is 23.4. The van der Waals surface area contributed by atoms with E-state index in [1.54, 1.807) is 48.5 Å². The van der Waals surface area contributed by atoms with E-state index in [1.165, 1.54) is 6.92 Å². The summed E-state index contributed by atoms with van der Waals surface area (Å²) < 4.78 is 10.8. The van der Waals surface area contributed by atoms with E-state index in [0.29, 0.717) is 23.6 Å². The number of para-hydroxylation sites is 1. The zero-order chi connectivity index (χ0) is 16.7. The molecule has 1 N–H and O–H groups in total. The standard InChI is InChI=1S/C18H19NO4/c1-3-22-15-10-8-14(9-11-15)19-18(21)12-23-17-7-5-4-6-16(17)13(2)20/h4-11H,3,12H2,1-2H3,(H,19,21). The first kappa shape index (κ1) is 16.5. The van der Waals surface area contributed by atoms with Gasteiger partial charge in [-0.05, 0) is 50.2 Å². The fourth-order valence-electron chi connectivity index (χ4n) is 2.02. The molecule has 23 heavy (non-hydrogen) atoms. The number of rotatable bonds is 7. The Morgan fingerprint density at radius 3 is 2.35 bits per heavy atom. The van der Waals surface area contributed by atoms with Gasteiger partial charge in [0.25, 0.3) is 5.91 Å². The smallest absolute Gasteiger partial charge is 0.262 e. The minimum atomic E-state index is -0.299. The quantitative estimate of drug-likeness (QED) is 0.797. The summed E-state index contributed by atoms with van der Waals surface area (Å²) in [6.45, 7) is 3.79. The molecule has 0 saturated carbocycles. The molecule has 5 heteroatoms. The third-order valence-corrected chi connectivity index (χ3v) is 3.07. The lowest BCUT2D eigenvalue weighted by Gasteiger charge is -2.10. The normalized spacial score (nSPS) is 10.0. The molecule has 0 bridgehead atoms. The lowest BCUT2D eigenvalue weighted by molar-refractivity contribution is -0.118. The minimum absolute atomic E-state index is 0.104. The van der Waals surface area contributed by atoms with Gasteiger partial charge in [-0.3, -0.25) is 9.59 Å². The molecule has 0 spiro atoms. The summed E-state index contributed by atoms with van der Waals surface area (Å²) in [5, 5.41) is 2.73. The number of carbonyl (C=O) groups excluding carboxylic acids is 2. The van der Waals surface area contributed by atoms with E-state index in [9.17, 15) is 9.59 Å². The van der Waals surface area contributed by atoms with Gasteiger partial charge in [0, 0.05) is 5.69 Å². The van der Waals surface area contributed by atoms with Crippen molar-refractivity contribution in [1.82, 2.24) is 0 Å². The van der Waals surface area contributed by atoms with Gasteiger partial charge in [0.1, 0.15) is 11.5 Å². The predicted molar refractivity (Wildman–Crippen MR) is 88.2 cm³/mol. The van der Waals surface area contributed by atoms with Crippen molar-refractivity contribution in [2.75, 3.05) is 18.5 Å². The zero-order valence-corrected chi connectivity index (χ0v) is 13.2. The van der Waals surface area contributed by atoms with Gasteiger partial charge in [0.15, 0.2) is 12.4 Å². The molecule has 120 valence electrons. The van der Waals surface area contributed by atoms with Crippen molar-refractivity contribution in [1.29, 1.82) is 0 Å². The minimum Gasteiger partial charge on any atom is -0.494 e. The van der Waals surface area contributed by atoms with E-state index in [4.69, 9.17) is 9.47 Å². The summed E-state index contributed by atoms with van der Waals surface area (Å²) in [5.74, 6) is 0.749. The summed E-state index contributed by atoms with van der Waals surface area (Å²) in [7, 11) is 0. The highest BCUT2D eigenvalue weighted by Gasteiger charge is 2.09. The van der Waals surface area contributed by atoms with Crippen molar-refractivity contribution in [3.05, 3.63) is 54.1 Å². The van der Waals surface area contributed by atoms with Crippen LogP contribution < -0.4 is 14.8 Å². The molecule has 0 aliphatic rings. The molecular weight excluding hydrogens is 294 g/mol. The molecule has 0 unspecified atom stereocenters. The van der Waals surface area contributed by atoms with E-state index in [2.05, 4.69) is 5.32 Å². The third kappa shape index (κ3) is 4.85. The maximum absolute atomic E-state index is 11.9. The van der Waals surface area contributed by atoms with Crippen molar-refractivity contribution in [2.45, 2.75) is 13.8 Å². The second kappa shape index (κ2) is 7.98. The van der Waals surface area contributed by atoms with Gasteiger partial charge in [-0.2, -0.15) is 0 Å². The number of benzene rings is 2. The molecule has 0 saturated heterocycles. The van der Waals surface area contributed by atoms with Gasteiger partial charge in [-0.1, -0.05) is 12.1 Å². The number of carbonyl (C=O) groups is 2. The molecule has 0 atom stereocenters. The van der Waals surface area contributed by atoms with Crippen molar-refractivity contribution < 1.29 is 19.1 Å². The third-order valence-electron chi connectivity index (χ3n) is 3.07. The molecule has 0 aromatic heterocycles. The van der Waals surface area contributed by atoms with Crippen LogP contribution in [0.5, 0.6) is 11.5 Å². The fourth-order valence-corrected chi connectivity index (χ4v) is 2.02. The highest BCUT2D eigenvalue weighted by molar-refractivity contribution is 5.97. The molecule has 2 aromatic carbocycles. The first-order valence-corrected chi connectivity index (χ1v) is 7.35. The van der Waals surface area contributed by atoms with Crippen LogP contribution in [0.3, 0.4) is 0 Å². The summed E-state index contributed by atoms with van der Waals surface area (Å²) in [6, 6.07) is 13.9. The topological polar surface area (TPSA) is 64.6 Å². The molecule has 5 nitrogen and oxygen atoms in total. The Kier molecular flexibility index (Phi) is 5.74. The monoisotopic (exact) mass is 313 g/mol. The van der Waals surface area contributed by atoms with Crippen molar-refractivity contribution in [3.8, 4) is 11.5 Å². The second-order valence-corrected chi connectivity index (χ2v) is 4.85. The number of anilines is 1. The van der Waals surface area contributed by atoms with E-state index < -0.39 is 0 Å². The highest BCUT2D eigenvalue weighted by Crippen LogP contribution is 2.19. The number of hydrogen-bond donors (Lipinski definition) is 1. The molecule has 2 aromatic rings. The average molecular weight is 313 g/mol. The van der Waals surface area contributed by atoms with Gasteiger partial charge >= 0.3 is 0 Å². The van der Waals surface area contributed by atoms with Crippen LogP contribution in [-0.4, -0.2) is 24.9 Å². The first-order chi connectivity index (χ1) is 11.1. The van der Waals surface area contributed by atoms with Crippen molar-refractivity contribution >= 4 is 17.4 Å². The molecule has 1 amide bonds. The second-order valence-electron chi connectivity index (χ2n) is 4.85. The molecule has 0 aliphatic carbocycles. The molecule has 0 heterocycles. The molecular formula is C18H19NO4. The van der Waals surface area contributed by atoms with Gasteiger partial charge in [0.2, 0.25) is 0 Å². The van der Waals surface area contributed by atoms with Crippen LogP contribution in [0.1, 0.15) is 24.2 Å². The number of amides is 1. The molecule has 0 aliphatic heterocycles.